The van der Waals surface area contributed by atoms with Crippen LogP contribution >= 0.6 is 0 Å². The molecule has 1 N–H and O–H groups in total. The lowest BCUT2D eigenvalue weighted by molar-refractivity contribution is 0.463. The third-order valence-electron chi connectivity index (χ3n) is 6.86. The van der Waals surface area contributed by atoms with Gasteiger partial charge >= 0.3 is 0 Å². The minimum Gasteiger partial charge on any atom is -0.507 e. The third-order valence-corrected chi connectivity index (χ3v) is 6.86. The maximum Gasteiger partial charge on any atom is 0.219 e. The number of aromatic nitrogens is 3. The lowest BCUT2D eigenvalue weighted by Gasteiger charge is -2.10. The lowest BCUT2D eigenvalue weighted by atomic mass is 10.1. The molecule has 3 aromatic heterocycles. The maximum absolute atomic E-state index is 10.3. The van der Waals surface area contributed by atoms with Crippen molar-refractivity contribution in [1.29, 1.82) is 0 Å². The van der Waals surface area contributed by atoms with Crippen LogP contribution in [0.2, 0.25) is 0 Å². The molecule has 0 aliphatic carbocycles. The molecule has 39 heavy (non-hydrogen) atoms. The summed E-state index contributed by atoms with van der Waals surface area (Å²) in [7, 11) is 0. The number of nitrogens with zero attached hydrogens (tertiary/aromatic N) is 3. The quantitative estimate of drug-likeness (QED) is 0.255. The van der Waals surface area contributed by atoms with Gasteiger partial charge in [-0.25, -0.2) is 9.97 Å². The first-order valence-electron chi connectivity index (χ1n) is 12.7. The Morgan fingerprint density at radius 1 is 0.615 bits per heavy atom. The summed E-state index contributed by atoms with van der Waals surface area (Å²) in [4.78, 5) is 9.49. The Morgan fingerprint density at radius 2 is 1.41 bits per heavy atom. The van der Waals surface area contributed by atoms with E-state index in [4.69, 9.17) is 9.72 Å². The molecule has 3 heterocycles. The highest BCUT2D eigenvalue weighted by Crippen LogP contribution is 2.35. The van der Waals surface area contributed by atoms with Gasteiger partial charge in [0, 0.05) is 40.2 Å². The molecule has 7 rings (SSSR count). The van der Waals surface area contributed by atoms with E-state index in [1.54, 1.807) is 12.1 Å². The Morgan fingerprint density at radius 3 is 2.26 bits per heavy atom. The summed E-state index contributed by atoms with van der Waals surface area (Å²) in [6, 6.07) is 41.5. The van der Waals surface area contributed by atoms with Gasteiger partial charge in [-0.3, -0.25) is 4.57 Å². The summed E-state index contributed by atoms with van der Waals surface area (Å²) in [6.45, 7) is 0. The second kappa shape index (κ2) is 9.47. The van der Waals surface area contributed by atoms with E-state index in [1.807, 2.05) is 72.9 Å². The molecule has 5 heteroatoms. The van der Waals surface area contributed by atoms with Gasteiger partial charge < -0.3 is 9.84 Å². The van der Waals surface area contributed by atoms with E-state index in [0.717, 1.165) is 38.8 Å². The van der Waals surface area contributed by atoms with Gasteiger partial charge in [0.1, 0.15) is 17.3 Å². The van der Waals surface area contributed by atoms with Crippen molar-refractivity contribution in [3.63, 3.8) is 0 Å². The Hall–Kier alpha value is -5.42. The van der Waals surface area contributed by atoms with E-state index in [1.165, 1.54) is 0 Å². The highest BCUT2D eigenvalue weighted by Gasteiger charge is 2.15. The van der Waals surface area contributed by atoms with Crippen LogP contribution in [0.25, 0.3) is 50.0 Å². The molecule has 0 saturated carbocycles. The number of rotatable bonds is 5. The second-order valence-electron chi connectivity index (χ2n) is 9.28. The number of benzene rings is 4. The third kappa shape index (κ3) is 4.16. The van der Waals surface area contributed by atoms with Crippen molar-refractivity contribution in [3.05, 3.63) is 134 Å². The molecule has 0 aliphatic rings. The molecule has 4 aromatic carbocycles. The Balaban J connectivity index is 1.30. The van der Waals surface area contributed by atoms with Crippen molar-refractivity contribution in [2.75, 3.05) is 0 Å². The molecule has 0 unspecified atom stereocenters. The van der Waals surface area contributed by atoms with Gasteiger partial charge in [0.25, 0.3) is 0 Å². The first-order valence-corrected chi connectivity index (χ1v) is 12.7. The maximum atomic E-state index is 10.3. The molecule has 5 nitrogen and oxygen atoms in total. The van der Waals surface area contributed by atoms with Crippen molar-refractivity contribution in [2.45, 2.75) is 0 Å². The van der Waals surface area contributed by atoms with Gasteiger partial charge in [-0.05, 0) is 54.1 Å². The highest BCUT2D eigenvalue weighted by molar-refractivity contribution is 6.09. The summed E-state index contributed by atoms with van der Waals surface area (Å²) >= 11 is 0. The number of phenols is 1. The van der Waals surface area contributed by atoms with Crippen molar-refractivity contribution < 1.29 is 9.84 Å². The Labute approximate surface area is 225 Å². The number of fused-ring (bicyclic) bond motifs is 3. The number of hydrogen-bond acceptors (Lipinski definition) is 4. The van der Waals surface area contributed by atoms with Gasteiger partial charge in [-0.15, -0.1) is 0 Å². The van der Waals surface area contributed by atoms with Gasteiger partial charge in [0.15, 0.2) is 0 Å². The van der Waals surface area contributed by atoms with Crippen LogP contribution in [0.1, 0.15) is 0 Å². The molecule has 0 aliphatic heterocycles. The van der Waals surface area contributed by atoms with E-state index in [2.05, 4.69) is 58.1 Å². The summed E-state index contributed by atoms with van der Waals surface area (Å²) in [5, 5.41) is 12.5. The fourth-order valence-corrected chi connectivity index (χ4v) is 5.01. The van der Waals surface area contributed by atoms with Gasteiger partial charge in [0.2, 0.25) is 5.88 Å². The lowest BCUT2D eigenvalue weighted by Crippen LogP contribution is -1.97. The number of pyridine rings is 2. The zero-order chi connectivity index (χ0) is 26.2. The van der Waals surface area contributed by atoms with E-state index in [-0.39, 0.29) is 5.75 Å². The minimum atomic E-state index is 0.180. The van der Waals surface area contributed by atoms with E-state index >= 15 is 0 Å². The van der Waals surface area contributed by atoms with E-state index in [9.17, 15) is 5.11 Å². The van der Waals surface area contributed by atoms with Gasteiger partial charge in [0.05, 0.1) is 16.7 Å². The molecular formula is C34H23N3O2. The first-order chi connectivity index (χ1) is 19.2. The standard InChI is InChI=1S/C34H23N3O2/c38-32-15-7-5-12-28(32)29-13-8-16-34(36-29)39-25-18-19-27-26-11-4-6-14-30(26)37(31(27)21-25)33-20-17-24(22-35-33)23-9-2-1-3-10-23/h1-22,38H. The normalized spacial score (nSPS) is 11.2. The zero-order valence-corrected chi connectivity index (χ0v) is 20.9. The smallest absolute Gasteiger partial charge is 0.219 e. The number of para-hydroxylation sites is 2. The van der Waals surface area contributed by atoms with Crippen LogP contribution in [0.15, 0.2) is 134 Å². The van der Waals surface area contributed by atoms with Crippen LogP contribution in [-0.4, -0.2) is 19.6 Å². The van der Waals surface area contributed by atoms with Crippen molar-refractivity contribution in [2.24, 2.45) is 0 Å². The van der Waals surface area contributed by atoms with Crippen LogP contribution in [0.3, 0.4) is 0 Å². The number of ether oxygens (including phenoxy) is 1. The topological polar surface area (TPSA) is 60.2 Å². The number of phenolic OH excluding ortho intramolecular Hbond substituents is 1. The average Bonchev–Trinajstić information content (AvgIpc) is 3.32. The van der Waals surface area contributed by atoms with Crippen LogP contribution in [0, 0.1) is 0 Å². The fourth-order valence-electron chi connectivity index (χ4n) is 5.01. The molecular weight excluding hydrogens is 482 g/mol. The number of aromatic hydroxyl groups is 1. The average molecular weight is 506 g/mol. The summed E-state index contributed by atoms with van der Waals surface area (Å²) in [5.41, 5.74) is 5.56. The van der Waals surface area contributed by atoms with Crippen molar-refractivity contribution in [1.82, 2.24) is 14.5 Å². The largest absolute Gasteiger partial charge is 0.507 e. The predicted octanol–water partition coefficient (Wildman–Crippen LogP) is 8.41. The summed E-state index contributed by atoms with van der Waals surface area (Å²) in [5.74, 6) is 2.12. The van der Waals surface area contributed by atoms with Crippen molar-refractivity contribution >= 4 is 21.8 Å². The molecule has 0 spiro atoms. The summed E-state index contributed by atoms with van der Waals surface area (Å²) < 4.78 is 8.39. The molecule has 0 saturated heterocycles. The monoisotopic (exact) mass is 505 g/mol. The fraction of sp³-hybridized carbons (Fsp3) is 0. The molecule has 186 valence electrons. The zero-order valence-electron chi connectivity index (χ0n) is 20.9. The van der Waals surface area contributed by atoms with Crippen LogP contribution in [-0.2, 0) is 0 Å². The Kier molecular flexibility index (Phi) is 5.52. The number of hydrogen-bond donors (Lipinski definition) is 1. The highest BCUT2D eigenvalue weighted by atomic mass is 16.5. The second-order valence-corrected chi connectivity index (χ2v) is 9.28. The van der Waals surface area contributed by atoms with Crippen LogP contribution in [0.5, 0.6) is 17.4 Å². The van der Waals surface area contributed by atoms with Gasteiger partial charge in [-0.2, -0.15) is 0 Å². The molecule has 0 amide bonds. The van der Waals surface area contributed by atoms with E-state index < -0.39 is 0 Å². The Bertz CT molecular complexity index is 1940. The molecule has 0 radical (unpaired) electrons. The molecule has 7 aromatic rings. The summed E-state index contributed by atoms with van der Waals surface area (Å²) in [6.07, 6.45) is 1.92. The first kappa shape index (κ1) is 22.8. The molecule has 0 bridgehead atoms. The molecule has 0 fully saturated rings. The minimum absolute atomic E-state index is 0.180. The van der Waals surface area contributed by atoms with Crippen LogP contribution < -0.4 is 4.74 Å². The van der Waals surface area contributed by atoms with Crippen molar-refractivity contribution in [3.8, 4) is 45.6 Å². The SMILES string of the molecule is Oc1ccccc1-c1cccc(Oc2ccc3c4ccccc4n(-c4ccc(-c5ccccc5)cn4)c3c2)n1. The van der Waals surface area contributed by atoms with Crippen LogP contribution in [0.4, 0.5) is 0 Å². The van der Waals surface area contributed by atoms with E-state index in [0.29, 0.717) is 22.9 Å². The predicted molar refractivity (Wildman–Crippen MR) is 155 cm³/mol. The molecule has 0 atom stereocenters. The van der Waals surface area contributed by atoms with Gasteiger partial charge in [-0.1, -0.05) is 66.7 Å².